The lowest BCUT2D eigenvalue weighted by atomic mass is 9.83. The number of halogens is 2. The average Bonchev–Trinajstić information content (AvgIpc) is 2.66. The highest BCUT2D eigenvalue weighted by atomic mass is 32.2. The number of amides is 2. The molecule has 0 aromatic rings. The minimum Gasteiger partial charge on any atom is -0.336 e. The van der Waals surface area contributed by atoms with Crippen LogP contribution < -0.4 is 5.32 Å². The van der Waals surface area contributed by atoms with Crippen LogP contribution in [0.4, 0.5) is 13.6 Å². The molecule has 6 nitrogen and oxygen atoms in total. The van der Waals surface area contributed by atoms with E-state index in [0.29, 0.717) is 32.5 Å². The monoisotopic (exact) mass is 337 g/mol. The second-order valence-corrected chi connectivity index (χ2v) is 8.76. The summed E-state index contributed by atoms with van der Waals surface area (Å²) < 4.78 is 51.7. The second-order valence-electron chi connectivity index (χ2n) is 6.75. The highest BCUT2D eigenvalue weighted by Crippen LogP contribution is 2.43. The summed E-state index contributed by atoms with van der Waals surface area (Å²) >= 11 is 0. The number of alkyl halides is 2. The summed E-state index contributed by atoms with van der Waals surface area (Å²) in [6.07, 6.45) is 0.487. The molecule has 2 aliphatic heterocycles. The molecule has 2 heterocycles. The number of hydrogen-bond acceptors (Lipinski definition) is 3. The van der Waals surface area contributed by atoms with E-state index in [1.165, 1.54) is 4.31 Å². The minimum absolute atomic E-state index is 0.131. The number of hydrogen-bond donors (Lipinski definition) is 1. The number of nitrogens with one attached hydrogen (secondary N) is 1. The molecule has 0 unspecified atom stereocenters. The predicted octanol–water partition coefficient (Wildman–Crippen LogP) is 0.851. The topological polar surface area (TPSA) is 69.7 Å². The van der Waals surface area contributed by atoms with Gasteiger partial charge >= 0.3 is 6.03 Å². The van der Waals surface area contributed by atoms with Gasteiger partial charge in [0.05, 0.1) is 11.3 Å². The van der Waals surface area contributed by atoms with Gasteiger partial charge in [0.1, 0.15) is 0 Å². The van der Waals surface area contributed by atoms with Gasteiger partial charge in [0.15, 0.2) is 0 Å². The molecule has 1 saturated carbocycles. The van der Waals surface area contributed by atoms with Crippen LogP contribution in [-0.4, -0.2) is 67.6 Å². The van der Waals surface area contributed by atoms with E-state index in [4.69, 9.17) is 0 Å². The fourth-order valence-corrected chi connectivity index (χ4v) is 5.47. The molecule has 0 aromatic carbocycles. The number of rotatable bonds is 3. The number of likely N-dealkylation sites (N-methyl/N-ethyl adjacent to an activating group) is 1. The Hall–Kier alpha value is -0.960. The Morgan fingerprint density at radius 2 is 1.86 bits per heavy atom. The lowest BCUT2D eigenvalue weighted by Gasteiger charge is -2.42. The summed E-state index contributed by atoms with van der Waals surface area (Å²) in [6.45, 7) is 1.21. The average molecular weight is 337 g/mol. The van der Waals surface area contributed by atoms with E-state index in [2.05, 4.69) is 5.32 Å². The van der Waals surface area contributed by atoms with Crippen LogP contribution in [-0.2, 0) is 10.0 Å². The molecule has 1 aliphatic carbocycles. The van der Waals surface area contributed by atoms with Gasteiger partial charge in [-0.05, 0) is 18.8 Å². The highest BCUT2D eigenvalue weighted by Gasteiger charge is 2.49. The lowest BCUT2D eigenvalue weighted by molar-refractivity contribution is -0.103. The Bertz CT molecular complexity index is 565. The molecule has 3 aliphatic rings. The van der Waals surface area contributed by atoms with Crippen molar-refractivity contribution in [1.29, 1.82) is 0 Å². The number of carbonyl (C=O) groups excluding carboxylic acids is 1. The number of piperidine rings is 1. The normalized spacial score (nSPS) is 28.7. The number of sulfonamides is 1. The highest BCUT2D eigenvalue weighted by molar-refractivity contribution is 7.89. The molecule has 0 aromatic heterocycles. The molecule has 9 heteroatoms. The Balaban J connectivity index is 1.58. The van der Waals surface area contributed by atoms with Crippen LogP contribution in [0.1, 0.15) is 25.7 Å². The summed E-state index contributed by atoms with van der Waals surface area (Å²) in [5, 5.41) is 2.78. The zero-order valence-corrected chi connectivity index (χ0v) is 13.3. The summed E-state index contributed by atoms with van der Waals surface area (Å²) in [7, 11) is -1.77. The predicted molar refractivity (Wildman–Crippen MR) is 76.2 cm³/mol. The first kappa shape index (κ1) is 15.9. The van der Waals surface area contributed by atoms with Crippen molar-refractivity contribution in [2.24, 2.45) is 5.92 Å². The maximum atomic E-state index is 12.8. The van der Waals surface area contributed by atoms with E-state index in [9.17, 15) is 22.0 Å². The third kappa shape index (κ3) is 2.68. The fraction of sp³-hybridized carbons (Fsp3) is 0.923. The SMILES string of the molecule is CN1C(=O)NCC12CCN(S(=O)(=O)CC1CC(F)(F)C1)CC2. The Morgan fingerprint density at radius 3 is 2.32 bits per heavy atom. The lowest BCUT2D eigenvalue weighted by Crippen LogP contribution is -2.55. The maximum absolute atomic E-state index is 12.8. The first-order valence-corrected chi connectivity index (χ1v) is 9.12. The zero-order chi connectivity index (χ0) is 16.2. The quantitative estimate of drug-likeness (QED) is 0.830. The van der Waals surface area contributed by atoms with Crippen molar-refractivity contribution in [3.05, 3.63) is 0 Å². The standard InChI is InChI=1S/C13H21F2N3O3S/c1-17-11(19)16-9-12(17)2-4-18(5-3-12)22(20,21)8-10-6-13(14,15)7-10/h10H,2-9H2,1H3,(H,16,19). The van der Waals surface area contributed by atoms with Crippen LogP contribution >= 0.6 is 0 Å². The number of carbonyl (C=O) groups is 1. The van der Waals surface area contributed by atoms with Crippen LogP contribution in [0, 0.1) is 5.92 Å². The molecule has 22 heavy (non-hydrogen) atoms. The molecule has 1 N–H and O–H groups in total. The molecule has 0 bridgehead atoms. The van der Waals surface area contributed by atoms with E-state index in [1.54, 1.807) is 11.9 Å². The van der Waals surface area contributed by atoms with Crippen molar-refractivity contribution in [2.75, 3.05) is 32.4 Å². The van der Waals surface area contributed by atoms with Crippen LogP contribution in [0.15, 0.2) is 0 Å². The summed E-state index contributed by atoms with van der Waals surface area (Å²) in [5.74, 6) is -3.32. The van der Waals surface area contributed by atoms with Crippen LogP contribution in [0.3, 0.4) is 0 Å². The minimum atomic E-state index is -3.49. The van der Waals surface area contributed by atoms with Gasteiger partial charge in [-0.2, -0.15) is 0 Å². The molecule has 3 rings (SSSR count). The third-order valence-electron chi connectivity index (χ3n) is 5.25. The van der Waals surface area contributed by atoms with Gasteiger partial charge in [0.2, 0.25) is 15.9 Å². The van der Waals surface area contributed by atoms with Gasteiger partial charge < -0.3 is 10.2 Å². The number of urea groups is 1. The first-order valence-electron chi connectivity index (χ1n) is 7.51. The summed E-state index contributed by atoms with van der Waals surface area (Å²) in [5.41, 5.74) is -0.313. The van der Waals surface area contributed by atoms with Crippen molar-refractivity contribution in [3.8, 4) is 0 Å². The molecular formula is C13H21F2N3O3S. The first-order chi connectivity index (χ1) is 10.1. The largest absolute Gasteiger partial charge is 0.336 e. The van der Waals surface area contributed by atoms with E-state index in [-0.39, 0.29) is 30.2 Å². The van der Waals surface area contributed by atoms with Crippen LogP contribution in [0.2, 0.25) is 0 Å². The Morgan fingerprint density at radius 1 is 1.27 bits per heavy atom. The molecule has 3 fully saturated rings. The molecule has 2 amide bonds. The van der Waals surface area contributed by atoms with E-state index in [1.807, 2.05) is 0 Å². The van der Waals surface area contributed by atoms with Gasteiger partial charge in [-0.15, -0.1) is 0 Å². The molecule has 1 spiro atoms. The number of nitrogens with zero attached hydrogens (tertiary/aromatic N) is 2. The van der Waals surface area contributed by atoms with Crippen molar-refractivity contribution >= 4 is 16.1 Å². The molecule has 126 valence electrons. The Kier molecular flexibility index (Phi) is 3.63. The van der Waals surface area contributed by atoms with Gasteiger partial charge in [0, 0.05) is 39.5 Å². The van der Waals surface area contributed by atoms with E-state index in [0.717, 1.165) is 0 Å². The second kappa shape index (κ2) is 5.02. The van der Waals surface area contributed by atoms with E-state index >= 15 is 0 Å². The Labute approximate surface area is 128 Å². The van der Waals surface area contributed by atoms with Crippen molar-refractivity contribution in [2.45, 2.75) is 37.1 Å². The van der Waals surface area contributed by atoms with Gasteiger partial charge in [0.25, 0.3) is 0 Å². The summed E-state index contributed by atoms with van der Waals surface area (Å²) in [4.78, 5) is 13.2. The van der Waals surface area contributed by atoms with Crippen molar-refractivity contribution in [1.82, 2.24) is 14.5 Å². The molecule has 2 saturated heterocycles. The van der Waals surface area contributed by atoms with Crippen LogP contribution in [0.25, 0.3) is 0 Å². The fourth-order valence-electron chi connectivity index (χ4n) is 3.69. The van der Waals surface area contributed by atoms with Gasteiger partial charge in [-0.25, -0.2) is 26.3 Å². The molecular weight excluding hydrogens is 316 g/mol. The maximum Gasteiger partial charge on any atom is 0.317 e. The van der Waals surface area contributed by atoms with Gasteiger partial charge in [-0.1, -0.05) is 0 Å². The zero-order valence-electron chi connectivity index (χ0n) is 12.5. The molecule has 0 atom stereocenters. The molecule has 0 radical (unpaired) electrons. The van der Waals surface area contributed by atoms with Crippen molar-refractivity contribution < 1.29 is 22.0 Å². The van der Waals surface area contributed by atoms with E-state index < -0.39 is 21.9 Å². The van der Waals surface area contributed by atoms with Gasteiger partial charge in [-0.3, -0.25) is 0 Å². The third-order valence-corrected chi connectivity index (χ3v) is 7.30. The smallest absolute Gasteiger partial charge is 0.317 e. The van der Waals surface area contributed by atoms with Crippen molar-refractivity contribution in [3.63, 3.8) is 0 Å². The summed E-state index contributed by atoms with van der Waals surface area (Å²) in [6, 6.07) is -0.131. The van der Waals surface area contributed by atoms with Crippen LogP contribution in [0.5, 0.6) is 0 Å².